The van der Waals surface area contributed by atoms with Crippen molar-refractivity contribution in [3.63, 3.8) is 0 Å². The molecule has 0 fully saturated rings. The van der Waals surface area contributed by atoms with E-state index in [2.05, 4.69) is 34.7 Å². The number of amides is 1. The number of aromatic nitrogens is 2. The van der Waals surface area contributed by atoms with Gasteiger partial charge in [-0.05, 0) is 31.4 Å². The second kappa shape index (κ2) is 7.68. The van der Waals surface area contributed by atoms with E-state index in [1.165, 1.54) is 0 Å². The average molecular weight is 266 g/mol. The van der Waals surface area contributed by atoms with E-state index in [-0.39, 0.29) is 24.2 Å². The van der Waals surface area contributed by atoms with E-state index in [0.29, 0.717) is 18.3 Å². The summed E-state index contributed by atoms with van der Waals surface area (Å²) in [4.78, 5) is 11.5. The number of nitrogens with zero attached hydrogens (tertiary/aromatic N) is 2. The van der Waals surface area contributed by atoms with E-state index in [0.717, 1.165) is 6.42 Å². The molecule has 0 aromatic carbocycles. The molecule has 0 spiro atoms. The van der Waals surface area contributed by atoms with E-state index in [1.54, 1.807) is 12.1 Å². The van der Waals surface area contributed by atoms with Crippen LogP contribution in [0, 0.1) is 5.92 Å². The number of aliphatic hydroxyl groups is 1. The van der Waals surface area contributed by atoms with E-state index in [1.807, 2.05) is 6.92 Å². The summed E-state index contributed by atoms with van der Waals surface area (Å²) in [5.74, 6) is 0.808. The zero-order chi connectivity index (χ0) is 14.3. The van der Waals surface area contributed by atoms with Crippen molar-refractivity contribution in [1.82, 2.24) is 15.5 Å². The molecule has 0 saturated carbocycles. The van der Waals surface area contributed by atoms with Crippen molar-refractivity contribution in [3.05, 3.63) is 17.8 Å². The molecule has 1 unspecified atom stereocenters. The zero-order valence-electron chi connectivity index (χ0n) is 11.7. The van der Waals surface area contributed by atoms with Crippen molar-refractivity contribution in [2.75, 3.05) is 18.5 Å². The molecule has 6 nitrogen and oxygen atoms in total. The smallest absolute Gasteiger partial charge is 0.271 e. The molecular weight excluding hydrogens is 244 g/mol. The molecule has 3 N–H and O–H groups in total. The molecule has 0 bridgehead atoms. The van der Waals surface area contributed by atoms with Crippen molar-refractivity contribution >= 4 is 11.7 Å². The normalized spacial score (nSPS) is 12.3. The third-order valence-electron chi connectivity index (χ3n) is 2.56. The monoisotopic (exact) mass is 266 g/mol. The summed E-state index contributed by atoms with van der Waals surface area (Å²) in [6.07, 6.45) is 0.844. The van der Waals surface area contributed by atoms with Crippen LogP contribution in [0.25, 0.3) is 0 Å². The number of carbonyl (C=O) groups excluding carboxylic acids is 1. The van der Waals surface area contributed by atoms with Crippen LogP contribution in [0.5, 0.6) is 0 Å². The Morgan fingerprint density at radius 2 is 2.11 bits per heavy atom. The van der Waals surface area contributed by atoms with Crippen LogP contribution in [0.3, 0.4) is 0 Å². The van der Waals surface area contributed by atoms with Crippen molar-refractivity contribution in [2.24, 2.45) is 5.92 Å². The van der Waals surface area contributed by atoms with Crippen LogP contribution in [0.2, 0.25) is 0 Å². The van der Waals surface area contributed by atoms with Gasteiger partial charge in [0.05, 0.1) is 12.6 Å². The lowest BCUT2D eigenvalue weighted by Gasteiger charge is -2.18. The maximum absolute atomic E-state index is 11.5. The molecule has 0 radical (unpaired) electrons. The minimum Gasteiger partial charge on any atom is -0.394 e. The quantitative estimate of drug-likeness (QED) is 0.686. The lowest BCUT2D eigenvalue weighted by Crippen LogP contribution is -2.27. The SMILES string of the molecule is CCNC(=O)c1ccc(NC(CO)CC(C)C)nn1. The molecule has 1 heterocycles. The van der Waals surface area contributed by atoms with E-state index >= 15 is 0 Å². The molecule has 6 heteroatoms. The molecule has 1 atom stereocenters. The minimum atomic E-state index is -0.234. The first kappa shape index (κ1) is 15.4. The summed E-state index contributed by atoms with van der Waals surface area (Å²) >= 11 is 0. The van der Waals surface area contributed by atoms with Crippen molar-refractivity contribution in [3.8, 4) is 0 Å². The Morgan fingerprint density at radius 3 is 2.58 bits per heavy atom. The lowest BCUT2D eigenvalue weighted by atomic mass is 10.0. The first-order valence-electron chi connectivity index (χ1n) is 6.56. The van der Waals surface area contributed by atoms with Crippen molar-refractivity contribution in [1.29, 1.82) is 0 Å². The number of anilines is 1. The molecule has 1 aromatic rings. The van der Waals surface area contributed by atoms with Crippen LogP contribution >= 0.6 is 0 Å². The fraction of sp³-hybridized carbons (Fsp3) is 0.615. The van der Waals surface area contributed by atoms with Crippen LogP contribution in [-0.4, -0.2) is 40.4 Å². The first-order valence-corrected chi connectivity index (χ1v) is 6.56. The number of hydrogen-bond acceptors (Lipinski definition) is 5. The predicted octanol–water partition coefficient (Wildman–Crippen LogP) is 1.05. The van der Waals surface area contributed by atoms with E-state index in [9.17, 15) is 9.90 Å². The summed E-state index contributed by atoms with van der Waals surface area (Å²) in [5, 5.41) is 22.8. The number of hydrogen-bond donors (Lipinski definition) is 3. The Labute approximate surface area is 113 Å². The van der Waals surface area contributed by atoms with Gasteiger partial charge in [-0.15, -0.1) is 10.2 Å². The summed E-state index contributed by atoms with van der Waals surface area (Å²) in [5.41, 5.74) is 0.289. The molecule has 1 aromatic heterocycles. The van der Waals surface area contributed by atoms with Crippen LogP contribution in [0.4, 0.5) is 5.82 Å². The van der Waals surface area contributed by atoms with Crippen LogP contribution < -0.4 is 10.6 Å². The molecule has 1 amide bonds. The van der Waals surface area contributed by atoms with Crippen molar-refractivity contribution < 1.29 is 9.90 Å². The maximum Gasteiger partial charge on any atom is 0.271 e. The summed E-state index contributed by atoms with van der Waals surface area (Å²) in [6, 6.07) is 3.26. The highest BCUT2D eigenvalue weighted by molar-refractivity contribution is 5.92. The largest absolute Gasteiger partial charge is 0.394 e. The number of rotatable bonds is 7. The van der Waals surface area contributed by atoms with Gasteiger partial charge in [0.1, 0.15) is 5.82 Å². The fourth-order valence-corrected chi connectivity index (χ4v) is 1.74. The molecule has 0 saturated heterocycles. The van der Waals surface area contributed by atoms with Gasteiger partial charge in [-0.2, -0.15) is 0 Å². The van der Waals surface area contributed by atoms with Crippen LogP contribution in [0.15, 0.2) is 12.1 Å². The number of carbonyl (C=O) groups is 1. The summed E-state index contributed by atoms with van der Waals surface area (Å²) < 4.78 is 0. The highest BCUT2D eigenvalue weighted by Crippen LogP contribution is 2.10. The standard InChI is InChI=1S/C13H22N4O2/c1-4-14-13(19)11-5-6-12(17-16-11)15-10(8-18)7-9(2)3/h5-6,9-10,18H,4,7-8H2,1-3H3,(H,14,19)(H,15,17). The Balaban J connectivity index is 2.62. The average Bonchev–Trinajstić information content (AvgIpc) is 2.38. The van der Waals surface area contributed by atoms with Gasteiger partial charge in [0, 0.05) is 6.54 Å². The Hall–Kier alpha value is -1.69. The van der Waals surface area contributed by atoms with Gasteiger partial charge in [-0.1, -0.05) is 13.8 Å². The third-order valence-corrected chi connectivity index (χ3v) is 2.56. The highest BCUT2D eigenvalue weighted by atomic mass is 16.3. The minimum absolute atomic E-state index is 0.0396. The van der Waals surface area contributed by atoms with E-state index in [4.69, 9.17) is 0 Å². The van der Waals surface area contributed by atoms with Gasteiger partial charge in [0.25, 0.3) is 5.91 Å². The molecular formula is C13H22N4O2. The van der Waals surface area contributed by atoms with Gasteiger partial charge < -0.3 is 15.7 Å². The molecule has 0 aliphatic rings. The second-order valence-corrected chi connectivity index (χ2v) is 4.82. The van der Waals surface area contributed by atoms with Crippen LogP contribution in [0.1, 0.15) is 37.7 Å². The van der Waals surface area contributed by atoms with Gasteiger partial charge >= 0.3 is 0 Å². The number of aliphatic hydroxyl groups excluding tert-OH is 1. The first-order chi connectivity index (χ1) is 9.06. The summed E-state index contributed by atoms with van der Waals surface area (Å²) in [6.45, 7) is 6.63. The molecule has 0 aliphatic carbocycles. The van der Waals surface area contributed by atoms with Gasteiger partial charge in [-0.3, -0.25) is 4.79 Å². The third kappa shape index (κ3) is 5.21. The molecule has 1 rings (SSSR count). The topological polar surface area (TPSA) is 87.1 Å². The van der Waals surface area contributed by atoms with Crippen molar-refractivity contribution in [2.45, 2.75) is 33.2 Å². The van der Waals surface area contributed by atoms with Crippen LogP contribution in [-0.2, 0) is 0 Å². The van der Waals surface area contributed by atoms with Gasteiger partial charge in [0.2, 0.25) is 0 Å². The number of nitrogens with one attached hydrogen (secondary N) is 2. The molecule has 106 valence electrons. The zero-order valence-corrected chi connectivity index (χ0v) is 11.7. The second-order valence-electron chi connectivity index (χ2n) is 4.82. The Morgan fingerprint density at radius 1 is 1.37 bits per heavy atom. The highest BCUT2D eigenvalue weighted by Gasteiger charge is 2.11. The predicted molar refractivity (Wildman–Crippen MR) is 74.0 cm³/mol. The molecule has 19 heavy (non-hydrogen) atoms. The maximum atomic E-state index is 11.5. The Kier molecular flexibility index (Phi) is 6.21. The van der Waals surface area contributed by atoms with Gasteiger partial charge in [0.15, 0.2) is 5.69 Å². The molecule has 0 aliphatic heterocycles. The fourth-order valence-electron chi connectivity index (χ4n) is 1.74. The lowest BCUT2D eigenvalue weighted by molar-refractivity contribution is 0.0950. The summed E-state index contributed by atoms with van der Waals surface area (Å²) in [7, 11) is 0. The van der Waals surface area contributed by atoms with Gasteiger partial charge in [-0.25, -0.2) is 0 Å². The Bertz CT molecular complexity index is 392. The van der Waals surface area contributed by atoms with E-state index < -0.39 is 0 Å².